The first-order valence-electron chi connectivity index (χ1n) is 9.44. The van der Waals surface area contributed by atoms with Crippen LogP contribution in [0, 0.1) is 6.92 Å². The van der Waals surface area contributed by atoms with Crippen molar-refractivity contribution in [1.29, 1.82) is 0 Å². The Bertz CT molecular complexity index is 884. The lowest BCUT2D eigenvalue weighted by Gasteiger charge is -2.32. The van der Waals surface area contributed by atoms with Gasteiger partial charge in [-0.25, -0.2) is 4.98 Å². The molecule has 1 N–H and O–H groups in total. The van der Waals surface area contributed by atoms with Crippen LogP contribution in [0.2, 0.25) is 0 Å². The molecule has 0 unspecified atom stereocenters. The molecule has 4 rings (SSSR count). The van der Waals surface area contributed by atoms with E-state index in [2.05, 4.69) is 15.3 Å². The fourth-order valence-electron chi connectivity index (χ4n) is 4.09. The Morgan fingerprint density at radius 2 is 2.00 bits per heavy atom. The van der Waals surface area contributed by atoms with Crippen molar-refractivity contribution >= 4 is 5.91 Å². The molecule has 4 heterocycles. The molecular weight excluding hydrogens is 371 g/mol. The van der Waals surface area contributed by atoms with Crippen LogP contribution >= 0.6 is 0 Å². The van der Waals surface area contributed by atoms with Gasteiger partial charge in [-0.15, -0.1) is 0 Å². The maximum Gasteiger partial charge on any atom is 0.449 e. The number of aryl methyl sites for hydroxylation is 1. The van der Waals surface area contributed by atoms with Crippen molar-refractivity contribution in [2.45, 2.75) is 44.9 Å². The van der Waals surface area contributed by atoms with E-state index in [9.17, 15) is 18.0 Å². The number of imidazole rings is 1. The van der Waals surface area contributed by atoms with Crippen molar-refractivity contribution in [3.05, 3.63) is 46.8 Å². The predicted octanol–water partition coefficient (Wildman–Crippen LogP) is 2.73. The number of amides is 1. The number of pyridine rings is 1. The van der Waals surface area contributed by atoms with Gasteiger partial charge in [0.1, 0.15) is 5.69 Å². The minimum Gasteiger partial charge on any atom is -0.337 e. The zero-order valence-corrected chi connectivity index (χ0v) is 15.6. The second-order valence-corrected chi connectivity index (χ2v) is 7.33. The number of alkyl halides is 3. The van der Waals surface area contributed by atoms with Crippen LogP contribution < -0.4 is 5.32 Å². The van der Waals surface area contributed by atoms with Crippen LogP contribution in [-0.4, -0.2) is 45.0 Å². The molecule has 2 aromatic rings. The number of hydrogen-bond acceptors (Lipinski definition) is 4. The summed E-state index contributed by atoms with van der Waals surface area (Å²) in [5.74, 6) is -1.01. The van der Waals surface area contributed by atoms with Gasteiger partial charge >= 0.3 is 6.18 Å². The van der Waals surface area contributed by atoms with Crippen LogP contribution in [0.25, 0.3) is 0 Å². The summed E-state index contributed by atoms with van der Waals surface area (Å²) in [5, 5.41) is 3.14. The average Bonchev–Trinajstić information content (AvgIpc) is 3.08. The van der Waals surface area contributed by atoms with Crippen LogP contribution in [0.3, 0.4) is 0 Å². The van der Waals surface area contributed by atoms with E-state index in [0.717, 1.165) is 5.56 Å². The average molecular weight is 393 g/mol. The van der Waals surface area contributed by atoms with Crippen molar-refractivity contribution in [2.75, 3.05) is 19.6 Å². The maximum atomic E-state index is 13.4. The first kappa shape index (κ1) is 18.9. The van der Waals surface area contributed by atoms with Crippen LogP contribution in [0.5, 0.6) is 0 Å². The number of nitrogens with zero attached hydrogens (tertiary/aromatic N) is 4. The molecule has 6 nitrogen and oxygen atoms in total. The maximum absolute atomic E-state index is 13.4. The highest BCUT2D eigenvalue weighted by molar-refractivity contribution is 5.93. The molecule has 28 heavy (non-hydrogen) atoms. The number of hydrogen-bond donors (Lipinski definition) is 1. The third kappa shape index (κ3) is 3.39. The molecule has 0 aliphatic carbocycles. The van der Waals surface area contributed by atoms with Gasteiger partial charge < -0.3 is 14.8 Å². The van der Waals surface area contributed by atoms with Gasteiger partial charge in [-0.1, -0.05) is 6.07 Å². The van der Waals surface area contributed by atoms with Gasteiger partial charge in [0.05, 0.1) is 11.4 Å². The lowest BCUT2D eigenvalue weighted by atomic mass is 9.91. The van der Waals surface area contributed by atoms with Gasteiger partial charge in [-0.05, 0) is 31.4 Å². The molecule has 0 atom stereocenters. The fourth-order valence-corrected chi connectivity index (χ4v) is 4.09. The second kappa shape index (κ2) is 7.20. The monoisotopic (exact) mass is 393 g/mol. The van der Waals surface area contributed by atoms with Gasteiger partial charge in [-0.3, -0.25) is 9.78 Å². The number of rotatable bonds is 2. The second-order valence-electron chi connectivity index (χ2n) is 7.33. The van der Waals surface area contributed by atoms with E-state index in [1.807, 2.05) is 13.0 Å². The predicted molar refractivity (Wildman–Crippen MR) is 95.8 cm³/mol. The highest BCUT2D eigenvalue weighted by Gasteiger charge is 2.41. The molecule has 0 aromatic carbocycles. The smallest absolute Gasteiger partial charge is 0.337 e. The summed E-state index contributed by atoms with van der Waals surface area (Å²) in [7, 11) is 0. The molecule has 9 heteroatoms. The number of nitrogens with one attached hydrogen (secondary N) is 1. The number of fused-ring (bicyclic) bond motifs is 1. The standard InChI is InChI=1S/C19H22F3N5O/c1-12-3-2-6-24-15(12)17(28)26-8-4-13(5-9-26)16-14-11-23-7-10-27(14)18(25-16)19(20,21)22/h2-3,6,13,23H,4-5,7-11H2,1H3. The molecule has 1 saturated heterocycles. The summed E-state index contributed by atoms with van der Waals surface area (Å²) in [6.45, 7) is 3.98. The number of carbonyl (C=O) groups is 1. The Labute approximate surface area is 160 Å². The highest BCUT2D eigenvalue weighted by atomic mass is 19.4. The molecule has 0 bridgehead atoms. The molecule has 0 radical (unpaired) electrons. The first-order valence-corrected chi connectivity index (χ1v) is 9.44. The number of piperidine rings is 1. The van der Waals surface area contributed by atoms with Crippen LogP contribution in [0.1, 0.15) is 52.0 Å². The Balaban J connectivity index is 1.52. The van der Waals surface area contributed by atoms with E-state index in [1.54, 1.807) is 17.2 Å². The van der Waals surface area contributed by atoms with Gasteiger partial charge in [-0.2, -0.15) is 13.2 Å². The first-order chi connectivity index (χ1) is 13.4. The van der Waals surface area contributed by atoms with Crippen molar-refractivity contribution in [1.82, 2.24) is 24.8 Å². The molecule has 150 valence electrons. The quantitative estimate of drug-likeness (QED) is 0.852. The molecule has 2 aromatic heterocycles. The van der Waals surface area contributed by atoms with E-state index in [1.165, 1.54) is 4.57 Å². The lowest BCUT2D eigenvalue weighted by molar-refractivity contribution is -0.147. The van der Waals surface area contributed by atoms with E-state index in [4.69, 9.17) is 0 Å². The number of carbonyl (C=O) groups excluding carboxylic acids is 1. The number of likely N-dealkylation sites (tertiary alicyclic amines) is 1. The summed E-state index contributed by atoms with van der Waals surface area (Å²) in [6, 6.07) is 3.63. The van der Waals surface area contributed by atoms with Crippen molar-refractivity contribution in [3.63, 3.8) is 0 Å². The summed E-state index contributed by atoms with van der Waals surface area (Å²) in [5.41, 5.74) is 2.41. The summed E-state index contributed by atoms with van der Waals surface area (Å²) in [6.07, 6.45) is -1.68. The zero-order valence-electron chi connectivity index (χ0n) is 15.6. The largest absolute Gasteiger partial charge is 0.449 e. The molecular formula is C19H22F3N5O. The van der Waals surface area contributed by atoms with Crippen molar-refractivity contribution in [3.8, 4) is 0 Å². The van der Waals surface area contributed by atoms with E-state index in [-0.39, 0.29) is 18.4 Å². The van der Waals surface area contributed by atoms with Gasteiger partial charge in [0.15, 0.2) is 0 Å². The number of halogens is 3. The fraction of sp³-hybridized carbons (Fsp3) is 0.526. The third-order valence-corrected chi connectivity index (χ3v) is 5.54. The van der Waals surface area contributed by atoms with Crippen molar-refractivity contribution in [2.24, 2.45) is 0 Å². The molecule has 2 aliphatic heterocycles. The summed E-state index contributed by atoms with van der Waals surface area (Å²) >= 11 is 0. The van der Waals surface area contributed by atoms with Gasteiger partial charge in [0, 0.05) is 44.8 Å². The van der Waals surface area contributed by atoms with Gasteiger partial charge in [0.25, 0.3) is 5.91 Å². The van der Waals surface area contributed by atoms with Gasteiger partial charge in [0.2, 0.25) is 5.82 Å². The topological polar surface area (TPSA) is 63.1 Å². The van der Waals surface area contributed by atoms with E-state index in [0.29, 0.717) is 56.1 Å². The zero-order chi connectivity index (χ0) is 19.9. The molecule has 2 aliphatic rings. The third-order valence-electron chi connectivity index (χ3n) is 5.54. The molecule has 0 saturated carbocycles. The van der Waals surface area contributed by atoms with E-state index >= 15 is 0 Å². The normalized spacial score (nSPS) is 18.2. The molecule has 1 fully saturated rings. The SMILES string of the molecule is Cc1cccnc1C(=O)N1CCC(c2nc(C(F)(F)F)n3c2CNCC3)CC1. The van der Waals surface area contributed by atoms with Crippen LogP contribution in [0.4, 0.5) is 13.2 Å². The van der Waals surface area contributed by atoms with Crippen molar-refractivity contribution < 1.29 is 18.0 Å². The Kier molecular flexibility index (Phi) is 4.86. The molecule has 0 spiro atoms. The summed E-state index contributed by atoms with van der Waals surface area (Å²) < 4.78 is 41.5. The summed E-state index contributed by atoms with van der Waals surface area (Å²) in [4.78, 5) is 22.6. The molecule has 1 amide bonds. The van der Waals surface area contributed by atoms with E-state index < -0.39 is 12.0 Å². The Morgan fingerprint density at radius 3 is 2.68 bits per heavy atom. The van der Waals surface area contributed by atoms with Crippen LogP contribution in [0.15, 0.2) is 18.3 Å². The van der Waals surface area contributed by atoms with Crippen LogP contribution in [-0.2, 0) is 19.3 Å². The highest BCUT2D eigenvalue weighted by Crippen LogP contribution is 2.36. The minimum atomic E-state index is -4.46. The minimum absolute atomic E-state index is 0.0777. The number of aromatic nitrogens is 3. The Hall–Kier alpha value is -2.42. The lowest BCUT2D eigenvalue weighted by Crippen LogP contribution is -2.39. The Morgan fingerprint density at radius 1 is 1.25 bits per heavy atom.